The van der Waals surface area contributed by atoms with Crippen LogP contribution in [0.1, 0.15) is 13.3 Å². The van der Waals surface area contributed by atoms with Crippen LogP contribution in [0.25, 0.3) is 0 Å². The van der Waals surface area contributed by atoms with E-state index in [2.05, 4.69) is 6.92 Å². The summed E-state index contributed by atoms with van der Waals surface area (Å²) in [7, 11) is 0. The molecule has 0 rings (SSSR count). The van der Waals surface area contributed by atoms with Crippen LogP contribution < -0.4 is 0 Å². The Kier molecular flexibility index (Phi) is 8.40. The molecule has 3 heteroatoms. The molecule has 0 aliphatic rings. The van der Waals surface area contributed by atoms with E-state index in [9.17, 15) is 0 Å². The molecule has 0 spiro atoms. The van der Waals surface area contributed by atoms with E-state index >= 15 is 0 Å². The summed E-state index contributed by atoms with van der Waals surface area (Å²) < 4.78 is 6.40. The Labute approximate surface area is 62.5 Å². The fourth-order valence-electron chi connectivity index (χ4n) is 0.301. The molecule has 0 unspecified atom stereocenters. The van der Waals surface area contributed by atoms with Gasteiger partial charge in [-0.3, -0.25) is 0 Å². The molecular weight excluding hydrogens is 300 g/mol. The molecule has 0 aliphatic heterocycles. The van der Waals surface area contributed by atoms with E-state index < -0.39 is 25.0 Å². The van der Waals surface area contributed by atoms with Gasteiger partial charge < -0.3 is 0 Å². The van der Waals surface area contributed by atoms with Crippen molar-refractivity contribution in [2.75, 3.05) is 6.07 Å². The predicted octanol–water partition coefficient (Wildman–Crippen LogP) is 2.03. The van der Waals surface area contributed by atoms with Gasteiger partial charge >= 0.3 is 62.6 Å². The van der Waals surface area contributed by atoms with Gasteiger partial charge in [0.05, 0.1) is 0 Å². The Balaban J connectivity index is 2.45. The van der Waals surface area contributed by atoms with E-state index in [1.165, 1.54) is 10.4 Å². The summed E-state index contributed by atoms with van der Waals surface area (Å²) in [4.78, 5) is 0. The summed E-state index contributed by atoms with van der Waals surface area (Å²) >= 11 is 4.43. The van der Waals surface area contributed by atoms with Crippen LogP contribution >= 0.6 is 11.6 Å². The summed E-state index contributed by atoms with van der Waals surface area (Å²) in [5.41, 5.74) is 0. The van der Waals surface area contributed by atoms with Gasteiger partial charge in [0.15, 0.2) is 0 Å². The zero-order valence-corrected chi connectivity index (χ0v) is 10.9. The fourth-order valence-corrected chi connectivity index (χ4v) is 3.60. The summed E-state index contributed by atoms with van der Waals surface area (Å²) in [6.07, 6.45) is 1.28. The van der Waals surface area contributed by atoms with Crippen molar-refractivity contribution in [1.29, 1.82) is 0 Å². The summed E-state index contributed by atoms with van der Waals surface area (Å²) in [6, 6.07) is 0.432. The molecule has 0 radical (unpaired) electrons. The Hall–Kier alpha value is 1.19. The van der Waals surface area contributed by atoms with Crippen molar-refractivity contribution in [3.05, 3.63) is 0 Å². The van der Waals surface area contributed by atoms with Crippen LogP contribution in [-0.4, -0.2) is 6.07 Å². The molecule has 0 heterocycles. The molecule has 0 aliphatic carbocycles. The van der Waals surface area contributed by atoms with Crippen LogP contribution in [0.4, 0.5) is 0 Å². The monoisotopic (exact) mass is 310 g/mol. The molecule has 0 saturated heterocycles. The van der Waals surface area contributed by atoms with Gasteiger partial charge in [-0.25, -0.2) is 0 Å². The SMILES string of the molecule is CC[CH2][Hg][O]CCl. The van der Waals surface area contributed by atoms with Gasteiger partial charge in [0, 0.05) is 0 Å². The van der Waals surface area contributed by atoms with Gasteiger partial charge in [-0.15, -0.1) is 0 Å². The minimum absolute atomic E-state index is 0.432. The summed E-state index contributed by atoms with van der Waals surface area (Å²) in [5, 5.41) is 0. The third-order valence-corrected chi connectivity index (χ3v) is 7.67. The molecule has 7 heavy (non-hydrogen) atoms. The van der Waals surface area contributed by atoms with Gasteiger partial charge in [-0.05, 0) is 0 Å². The number of rotatable bonds is 4. The van der Waals surface area contributed by atoms with E-state index in [1.54, 1.807) is 0 Å². The van der Waals surface area contributed by atoms with E-state index in [0.717, 1.165) is 0 Å². The number of alkyl halides is 1. The maximum absolute atomic E-state index is 5.27. The fraction of sp³-hybridized carbons (Fsp3) is 1.00. The van der Waals surface area contributed by atoms with Crippen LogP contribution in [0.15, 0.2) is 0 Å². The summed E-state index contributed by atoms with van der Waals surface area (Å²) in [6.45, 7) is 2.18. The van der Waals surface area contributed by atoms with E-state index in [-0.39, 0.29) is 0 Å². The van der Waals surface area contributed by atoms with Gasteiger partial charge in [-0.1, -0.05) is 0 Å². The van der Waals surface area contributed by atoms with E-state index in [0.29, 0.717) is 6.07 Å². The molecule has 0 amide bonds. The van der Waals surface area contributed by atoms with Gasteiger partial charge in [0.2, 0.25) is 0 Å². The molecule has 0 aromatic rings. The van der Waals surface area contributed by atoms with Crippen LogP contribution in [0.3, 0.4) is 0 Å². The minimum atomic E-state index is -0.836. The van der Waals surface area contributed by atoms with Gasteiger partial charge in [0.25, 0.3) is 0 Å². The summed E-state index contributed by atoms with van der Waals surface area (Å²) in [5.74, 6) is 0. The molecule has 0 bridgehead atoms. The molecular formula is C4H9ClHgO. The molecule has 40 valence electrons. The molecule has 1 nitrogen and oxygen atoms in total. The first-order valence-electron chi connectivity index (χ1n) is 2.55. The maximum atomic E-state index is 5.27. The van der Waals surface area contributed by atoms with Gasteiger partial charge in [-0.2, -0.15) is 0 Å². The van der Waals surface area contributed by atoms with Crippen molar-refractivity contribution in [2.24, 2.45) is 0 Å². The van der Waals surface area contributed by atoms with Crippen LogP contribution in [0.5, 0.6) is 0 Å². The van der Waals surface area contributed by atoms with Crippen molar-refractivity contribution in [3.8, 4) is 0 Å². The number of halogens is 1. The van der Waals surface area contributed by atoms with Gasteiger partial charge in [0.1, 0.15) is 0 Å². The van der Waals surface area contributed by atoms with Crippen molar-refractivity contribution in [3.63, 3.8) is 0 Å². The van der Waals surface area contributed by atoms with Crippen LogP contribution in [0, 0.1) is 0 Å². The van der Waals surface area contributed by atoms with E-state index in [4.69, 9.17) is 14.2 Å². The topological polar surface area (TPSA) is 9.23 Å². The van der Waals surface area contributed by atoms with Crippen LogP contribution in [0.2, 0.25) is 3.93 Å². The van der Waals surface area contributed by atoms with Crippen molar-refractivity contribution < 1.29 is 27.7 Å². The molecule has 0 atom stereocenters. The third kappa shape index (κ3) is 7.19. The number of hydrogen-bond acceptors (Lipinski definition) is 1. The predicted molar refractivity (Wildman–Crippen MR) is 26.9 cm³/mol. The van der Waals surface area contributed by atoms with Crippen molar-refractivity contribution >= 4 is 11.6 Å². The first kappa shape index (κ1) is 8.19. The second-order valence-corrected chi connectivity index (χ2v) is 7.51. The molecule has 0 saturated carbocycles. The van der Waals surface area contributed by atoms with Crippen molar-refractivity contribution in [1.82, 2.24) is 0 Å². The molecule has 0 fully saturated rings. The Morgan fingerprint density at radius 3 is 2.86 bits per heavy atom. The Morgan fingerprint density at radius 2 is 2.43 bits per heavy atom. The number of hydrogen-bond donors (Lipinski definition) is 0. The second kappa shape index (κ2) is 7.19. The van der Waals surface area contributed by atoms with E-state index in [1.807, 2.05) is 0 Å². The third-order valence-electron chi connectivity index (χ3n) is 0.719. The standard InChI is InChI=1S/C3H7.CH2ClO.Hg/c1-3-2;2-1-3;/h1,3H2,2H3;1H2;/q;-1;+1. The average molecular weight is 309 g/mol. The average Bonchev–Trinajstić information content (AvgIpc) is 1.69. The molecule has 0 N–H and O–H groups in total. The first-order chi connectivity index (χ1) is 3.41. The first-order valence-corrected chi connectivity index (χ1v) is 9.22. The quantitative estimate of drug-likeness (QED) is 0.439. The normalized spacial score (nSPS) is 8.29. The Morgan fingerprint density at radius 1 is 1.71 bits per heavy atom. The zero-order chi connectivity index (χ0) is 5.54. The molecule has 0 aromatic carbocycles. The zero-order valence-electron chi connectivity index (χ0n) is 4.61. The van der Waals surface area contributed by atoms with Crippen molar-refractivity contribution in [2.45, 2.75) is 17.3 Å². The Bertz CT molecular complexity index is 30.9. The second-order valence-electron chi connectivity index (χ2n) is 1.37. The molecule has 0 aromatic heterocycles. The van der Waals surface area contributed by atoms with Crippen LogP contribution in [-0.2, 0) is 27.7 Å².